The molecule has 41 heavy (non-hydrogen) atoms. The van der Waals surface area contributed by atoms with Crippen LogP contribution in [-0.2, 0) is 27.4 Å². The molecule has 0 bridgehead atoms. The minimum atomic E-state index is -1.89. The molecule has 4 atom stereocenters. The maximum Gasteiger partial charge on any atom is 0.353 e. The molecule has 3 aromatic carbocycles. The van der Waals surface area contributed by atoms with Crippen LogP contribution in [0.5, 0.6) is 11.6 Å². The third-order valence-corrected chi connectivity index (χ3v) is 7.09. The van der Waals surface area contributed by atoms with E-state index in [0.717, 1.165) is 26.8 Å². The number of aromatic nitrogens is 2. The number of ether oxygens (including phenoxy) is 4. The van der Waals surface area contributed by atoms with Crippen LogP contribution in [0.4, 0.5) is 8.78 Å². The normalized spacial score (nSPS) is 22.1. The van der Waals surface area contributed by atoms with E-state index in [2.05, 4.69) is 4.98 Å². The minimum Gasteiger partial charge on any atom is -0.438 e. The second-order valence-corrected chi connectivity index (χ2v) is 10.1. The Morgan fingerprint density at radius 1 is 0.902 bits per heavy atom. The van der Waals surface area contributed by atoms with Crippen molar-refractivity contribution >= 4 is 0 Å². The zero-order valence-corrected chi connectivity index (χ0v) is 22.9. The third-order valence-electron chi connectivity index (χ3n) is 7.09. The number of hydrogen-bond donors (Lipinski definition) is 0. The van der Waals surface area contributed by atoms with Crippen molar-refractivity contribution < 1.29 is 27.7 Å². The number of hydrogen-bond acceptors (Lipinski definition) is 6. The fraction of sp³-hybridized carbons (Fsp3) is 0.312. The largest absolute Gasteiger partial charge is 0.438 e. The summed E-state index contributed by atoms with van der Waals surface area (Å²) in [5.41, 5.74) is 0.812. The molecule has 5 rings (SSSR count). The molecular formula is C32H32F2N2O5. The Balaban J connectivity index is 1.39. The van der Waals surface area contributed by atoms with Crippen molar-refractivity contribution in [1.82, 2.24) is 9.55 Å². The molecule has 1 aliphatic rings. The number of rotatable bonds is 11. The summed E-state index contributed by atoms with van der Waals surface area (Å²) in [6.45, 7) is 2.59. The number of aryl methyl sites for hydroxylation is 2. The van der Waals surface area contributed by atoms with Crippen molar-refractivity contribution in [3.05, 3.63) is 124 Å². The highest BCUT2D eigenvalue weighted by Crippen LogP contribution is 2.42. The van der Waals surface area contributed by atoms with Gasteiger partial charge in [0.2, 0.25) is 5.88 Å². The molecule has 1 aliphatic heterocycles. The first-order valence-corrected chi connectivity index (χ1v) is 13.4. The molecule has 7 nitrogen and oxygen atoms in total. The van der Waals surface area contributed by atoms with Crippen LogP contribution < -0.4 is 10.4 Å². The Bertz CT molecular complexity index is 1480. The van der Waals surface area contributed by atoms with E-state index in [0.29, 0.717) is 5.75 Å². The fourth-order valence-electron chi connectivity index (χ4n) is 4.92. The van der Waals surface area contributed by atoms with Gasteiger partial charge >= 0.3 is 5.69 Å². The average Bonchev–Trinajstić information content (AvgIpc) is 3.26. The van der Waals surface area contributed by atoms with E-state index in [4.69, 9.17) is 18.9 Å². The van der Waals surface area contributed by atoms with E-state index in [1.165, 1.54) is 12.3 Å². The molecule has 0 N–H and O–H groups in total. The smallest absolute Gasteiger partial charge is 0.353 e. The van der Waals surface area contributed by atoms with E-state index < -0.39 is 36.5 Å². The van der Waals surface area contributed by atoms with Gasteiger partial charge in [-0.1, -0.05) is 78.9 Å². The topological polar surface area (TPSA) is 71.8 Å². The van der Waals surface area contributed by atoms with Gasteiger partial charge in [0.25, 0.3) is 0 Å². The van der Waals surface area contributed by atoms with Crippen molar-refractivity contribution in [3.63, 3.8) is 0 Å². The predicted molar refractivity (Wildman–Crippen MR) is 149 cm³/mol. The summed E-state index contributed by atoms with van der Waals surface area (Å²) in [5, 5.41) is 0. The van der Waals surface area contributed by atoms with Gasteiger partial charge in [-0.05, 0) is 36.1 Å². The Labute approximate surface area is 237 Å². The van der Waals surface area contributed by atoms with Gasteiger partial charge < -0.3 is 18.9 Å². The molecule has 0 saturated carbocycles. The first-order chi connectivity index (χ1) is 19.9. The van der Waals surface area contributed by atoms with Crippen molar-refractivity contribution in [1.29, 1.82) is 0 Å². The molecule has 0 radical (unpaired) electrons. The SMILES string of the molecule is Cc1cccc(C)c1Oc1ccn([C@@H]2O[C@](CF)(COCc3ccccc3)C(OCc3ccccc3)[C@@H]2F)c(=O)n1. The zero-order valence-electron chi connectivity index (χ0n) is 22.9. The van der Waals surface area contributed by atoms with Crippen LogP contribution in [0.1, 0.15) is 28.5 Å². The Kier molecular flexibility index (Phi) is 8.87. The molecule has 0 spiro atoms. The summed E-state index contributed by atoms with van der Waals surface area (Å²) in [4.78, 5) is 17.1. The molecule has 1 saturated heterocycles. The summed E-state index contributed by atoms with van der Waals surface area (Å²) in [6, 6.07) is 25.6. The number of halogens is 2. The molecule has 9 heteroatoms. The van der Waals surface area contributed by atoms with Crippen molar-refractivity contribution in [3.8, 4) is 11.6 Å². The van der Waals surface area contributed by atoms with E-state index >= 15 is 4.39 Å². The summed E-state index contributed by atoms with van der Waals surface area (Å²) in [5.74, 6) is 0.635. The third kappa shape index (κ3) is 6.37. The van der Waals surface area contributed by atoms with Crippen LogP contribution in [-0.4, -0.2) is 40.7 Å². The Morgan fingerprint density at radius 2 is 1.54 bits per heavy atom. The molecule has 4 aromatic rings. The number of para-hydroxylation sites is 1. The van der Waals surface area contributed by atoms with Gasteiger partial charge in [-0.25, -0.2) is 13.6 Å². The lowest BCUT2D eigenvalue weighted by atomic mass is 9.97. The van der Waals surface area contributed by atoms with Gasteiger partial charge in [-0.3, -0.25) is 4.57 Å². The molecule has 2 heterocycles. The molecule has 1 unspecified atom stereocenters. The minimum absolute atomic E-state index is 0.0259. The highest BCUT2D eigenvalue weighted by Gasteiger charge is 2.58. The van der Waals surface area contributed by atoms with Crippen LogP contribution >= 0.6 is 0 Å². The number of benzene rings is 3. The summed E-state index contributed by atoms with van der Waals surface area (Å²) < 4.78 is 55.6. The number of nitrogens with zero attached hydrogens (tertiary/aromatic N) is 2. The quantitative estimate of drug-likeness (QED) is 0.222. The van der Waals surface area contributed by atoms with Gasteiger partial charge in [-0.2, -0.15) is 4.98 Å². The second kappa shape index (κ2) is 12.7. The van der Waals surface area contributed by atoms with E-state index in [1.54, 1.807) is 0 Å². The van der Waals surface area contributed by atoms with E-state index in [1.807, 2.05) is 92.7 Å². The van der Waals surface area contributed by atoms with Crippen molar-refractivity contribution in [2.45, 2.75) is 51.2 Å². The van der Waals surface area contributed by atoms with Gasteiger partial charge in [0.05, 0.1) is 19.8 Å². The zero-order chi connectivity index (χ0) is 28.8. The van der Waals surface area contributed by atoms with Gasteiger partial charge in [-0.15, -0.1) is 0 Å². The Morgan fingerprint density at radius 3 is 2.15 bits per heavy atom. The highest BCUT2D eigenvalue weighted by atomic mass is 19.1. The highest BCUT2D eigenvalue weighted by molar-refractivity contribution is 5.41. The average molecular weight is 563 g/mol. The molecule has 0 amide bonds. The van der Waals surface area contributed by atoms with Crippen LogP contribution in [0.25, 0.3) is 0 Å². The van der Waals surface area contributed by atoms with Gasteiger partial charge in [0.15, 0.2) is 18.0 Å². The first-order valence-electron chi connectivity index (χ1n) is 13.4. The lowest BCUT2D eigenvalue weighted by molar-refractivity contribution is -0.165. The van der Waals surface area contributed by atoms with E-state index in [-0.39, 0.29) is 25.7 Å². The van der Waals surface area contributed by atoms with Crippen LogP contribution in [0.3, 0.4) is 0 Å². The summed E-state index contributed by atoms with van der Waals surface area (Å²) in [7, 11) is 0. The van der Waals surface area contributed by atoms with Crippen LogP contribution in [0, 0.1) is 13.8 Å². The van der Waals surface area contributed by atoms with Gasteiger partial charge in [0.1, 0.15) is 18.5 Å². The predicted octanol–water partition coefficient (Wildman–Crippen LogP) is 6.03. The number of alkyl halides is 2. The van der Waals surface area contributed by atoms with Crippen molar-refractivity contribution in [2.75, 3.05) is 13.3 Å². The van der Waals surface area contributed by atoms with E-state index in [9.17, 15) is 9.18 Å². The van der Waals surface area contributed by atoms with Crippen LogP contribution in [0.15, 0.2) is 95.9 Å². The van der Waals surface area contributed by atoms with Crippen LogP contribution in [0.2, 0.25) is 0 Å². The summed E-state index contributed by atoms with van der Waals surface area (Å²) >= 11 is 0. The molecular weight excluding hydrogens is 530 g/mol. The fourth-order valence-corrected chi connectivity index (χ4v) is 4.92. The monoisotopic (exact) mass is 562 g/mol. The lowest BCUT2D eigenvalue weighted by Crippen LogP contribution is -2.49. The molecule has 1 fully saturated rings. The maximum atomic E-state index is 16.1. The molecule has 214 valence electrons. The first kappa shape index (κ1) is 28.6. The van der Waals surface area contributed by atoms with Gasteiger partial charge in [0, 0.05) is 12.3 Å². The van der Waals surface area contributed by atoms with Crippen molar-refractivity contribution in [2.24, 2.45) is 0 Å². The second-order valence-electron chi connectivity index (χ2n) is 10.1. The standard InChI is InChI=1S/C32H32F2N2O5/c1-22-10-9-11-23(2)28(22)40-26-16-17-36(31(37)35-26)30-27(34)29(39-19-25-14-7-4-8-15-25)32(20-33,41-30)21-38-18-24-12-5-3-6-13-24/h3-17,27,29-30H,18-21H2,1-2H3/t27-,29?,30+,32+/m0/s1. The summed E-state index contributed by atoms with van der Waals surface area (Å²) in [6.07, 6.45) is -3.39. The molecule has 1 aromatic heterocycles. The molecule has 0 aliphatic carbocycles. The lowest BCUT2D eigenvalue weighted by Gasteiger charge is -2.31. The maximum absolute atomic E-state index is 16.1. The Hall–Kier alpha value is -3.92.